The van der Waals surface area contributed by atoms with Crippen LogP contribution in [-0.4, -0.2) is 53.5 Å². The fraction of sp³-hybridized carbons (Fsp3) is 0.382. The molecule has 208 valence electrons. The van der Waals surface area contributed by atoms with Crippen LogP contribution >= 0.6 is 0 Å². The van der Waals surface area contributed by atoms with Crippen LogP contribution in [0.5, 0.6) is 5.75 Å². The maximum Gasteiger partial charge on any atom is 0.270 e. The number of hydrogen-bond acceptors (Lipinski definition) is 3. The van der Waals surface area contributed by atoms with Gasteiger partial charge in [0.15, 0.2) is 0 Å². The Morgan fingerprint density at radius 2 is 1.68 bits per heavy atom. The molecule has 1 aromatic heterocycles. The zero-order chi connectivity index (χ0) is 27.4. The monoisotopic (exact) mass is 539 g/mol. The lowest BCUT2D eigenvalue weighted by atomic mass is 9.73. The molecule has 4 aromatic rings. The third-order valence-corrected chi connectivity index (χ3v) is 8.82. The highest BCUT2D eigenvalue weighted by Crippen LogP contribution is 2.39. The number of nitrogens with zero attached hydrogens (tertiary/aromatic N) is 2. The van der Waals surface area contributed by atoms with Crippen LogP contribution in [0.3, 0.4) is 0 Å². The zero-order valence-corrected chi connectivity index (χ0v) is 23.1. The highest BCUT2D eigenvalue weighted by molar-refractivity contribution is 5.98. The molecule has 0 atom stereocenters. The van der Waals surface area contributed by atoms with E-state index >= 15 is 0 Å². The van der Waals surface area contributed by atoms with Gasteiger partial charge in [-0.05, 0) is 67.3 Å². The third-order valence-electron chi connectivity index (χ3n) is 8.82. The molecule has 1 fully saturated rings. The Labute approximate surface area is 235 Å². The van der Waals surface area contributed by atoms with E-state index in [-0.39, 0.29) is 17.1 Å². The van der Waals surface area contributed by atoms with Crippen molar-refractivity contribution in [2.45, 2.75) is 45.1 Å². The maximum atomic E-state index is 14.7. The number of para-hydroxylation sites is 2. The van der Waals surface area contributed by atoms with E-state index in [1.165, 1.54) is 5.56 Å². The summed E-state index contributed by atoms with van der Waals surface area (Å²) in [5, 5.41) is 1.06. The molecule has 1 N–H and O–H groups in total. The van der Waals surface area contributed by atoms with Gasteiger partial charge in [-0.15, -0.1) is 0 Å². The molecule has 6 rings (SSSR count). The van der Waals surface area contributed by atoms with Gasteiger partial charge in [0.2, 0.25) is 0 Å². The molecule has 6 heteroatoms. The second kappa shape index (κ2) is 11.8. The molecule has 0 aliphatic carbocycles. The zero-order valence-electron chi connectivity index (χ0n) is 23.1. The summed E-state index contributed by atoms with van der Waals surface area (Å²) in [6.45, 7) is 4.19. The molecule has 1 amide bonds. The van der Waals surface area contributed by atoms with Gasteiger partial charge in [0, 0.05) is 49.2 Å². The van der Waals surface area contributed by atoms with Crippen LogP contribution in [-0.2, 0) is 13.0 Å². The molecule has 1 spiro atoms. The van der Waals surface area contributed by atoms with Gasteiger partial charge in [0.05, 0.1) is 0 Å². The number of piperidine rings is 1. The number of aryl methyl sites for hydroxylation is 1. The predicted octanol–water partition coefficient (Wildman–Crippen LogP) is 6.84. The molecule has 3 aromatic carbocycles. The summed E-state index contributed by atoms with van der Waals surface area (Å²) in [5.74, 6) is 0.882. The van der Waals surface area contributed by atoms with Gasteiger partial charge >= 0.3 is 0 Å². The second-order valence-electron chi connectivity index (χ2n) is 11.5. The van der Waals surface area contributed by atoms with Crippen LogP contribution in [0.1, 0.15) is 53.7 Å². The Kier molecular flexibility index (Phi) is 7.87. The number of rotatable bonds is 3. The van der Waals surface area contributed by atoms with Crippen molar-refractivity contribution >= 4 is 16.8 Å². The Hall–Kier alpha value is -3.64. The average Bonchev–Trinajstić information content (AvgIpc) is 3.41. The average molecular weight is 540 g/mol. The van der Waals surface area contributed by atoms with Gasteiger partial charge in [-0.3, -0.25) is 9.69 Å². The number of hydrogen-bond donors (Lipinski definition) is 1. The highest BCUT2D eigenvalue weighted by Gasteiger charge is 2.37. The number of likely N-dealkylation sites (tertiary alicyclic amines) is 1. The van der Waals surface area contributed by atoms with Crippen molar-refractivity contribution < 1.29 is 13.9 Å². The molecule has 0 unspecified atom stereocenters. The number of ether oxygens (including phenoxy) is 1. The van der Waals surface area contributed by atoms with E-state index in [1.54, 1.807) is 12.1 Å². The lowest BCUT2D eigenvalue weighted by Crippen LogP contribution is -2.48. The summed E-state index contributed by atoms with van der Waals surface area (Å²) in [6, 6.07) is 25.4. The first-order valence-corrected chi connectivity index (χ1v) is 14.6. The SMILES string of the molecule is O=C(c1cc2ccccc2[nH]1)N1CCC2(CCCCc3ccccc3OCCN(Cc3ccccc3F)C2)CC1. The molecular formula is C34H38FN3O2. The summed E-state index contributed by atoms with van der Waals surface area (Å²) in [7, 11) is 0. The van der Waals surface area contributed by atoms with Crippen molar-refractivity contribution in [1.82, 2.24) is 14.8 Å². The van der Waals surface area contributed by atoms with Crippen molar-refractivity contribution in [2.75, 3.05) is 32.8 Å². The normalized spacial score (nSPS) is 18.5. The largest absolute Gasteiger partial charge is 0.492 e. The fourth-order valence-corrected chi connectivity index (χ4v) is 6.54. The lowest BCUT2D eigenvalue weighted by Gasteiger charge is -2.45. The van der Waals surface area contributed by atoms with Gasteiger partial charge in [-0.25, -0.2) is 4.39 Å². The molecule has 0 saturated carbocycles. The van der Waals surface area contributed by atoms with Crippen molar-refractivity contribution in [1.29, 1.82) is 0 Å². The van der Waals surface area contributed by atoms with Gasteiger partial charge < -0.3 is 14.6 Å². The van der Waals surface area contributed by atoms with Crippen LogP contribution in [0.4, 0.5) is 4.39 Å². The molecule has 0 bridgehead atoms. The van der Waals surface area contributed by atoms with E-state index < -0.39 is 0 Å². The number of aromatic nitrogens is 1. The first-order valence-electron chi connectivity index (χ1n) is 14.6. The van der Waals surface area contributed by atoms with E-state index in [2.05, 4.69) is 28.1 Å². The summed E-state index contributed by atoms with van der Waals surface area (Å²) < 4.78 is 21.0. The topological polar surface area (TPSA) is 48.6 Å². The Bertz CT molecular complexity index is 1420. The van der Waals surface area contributed by atoms with E-state index in [1.807, 2.05) is 53.4 Å². The first-order chi connectivity index (χ1) is 19.6. The third kappa shape index (κ3) is 5.92. The smallest absolute Gasteiger partial charge is 0.270 e. The maximum absolute atomic E-state index is 14.7. The Balaban J connectivity index is 1.20. The number of H-pyrrole nitrogens is 1. The molecule has 0 radical (unpaired) electrons. The minimum absolute atomic E-state index is 0.0763. The van der Waals surface area contributed by atoms with Crippen LogP contribution in [0.15, 0.2) is 78.9 Å². The Morgan fingerprint density at radius 1 is 0.900 bits per heavy atom. The van der Waals surface area contributed by atoms with Gasteiger partial charge in [0.1, 0.15) is 23.9 Å². The van der Waals surface area contributed by atoms with Gasteiger partial charge in [-0.1, -0.05) is 61.0 Å². The molecule has 2 aliphatic rings. The molecule has 3 heterocycles. The standard InChI is InChI=1S/C34H38FN3O2/c35-29-13-4-1-12-28(29)24-37-21-22-40-32-15-6-3-9-26(32)10-7-8-16-34(25-37)17-19-38(20-18-34)33(39)31-23-27-11-2-5-14-30(27)36-31/h1-6,9,11-15,23,36H,7-8,10,16-22,24-25H2. The van der Waals surface area contributed by atoms with Crippen molar-refractivity contribution in [3.05, 3.63) is 102 Å². The van der Waals surface area contributed by atoms with Gasteiger partial charge in [0.25, 0.3) is 5.91 Å². The summed E-state index contributed by atoms with van der Waals surface area (Å²) in [6.07, 6.45) is 6.24. The predicted molar refractivity (Wildman–Crippen MR) is 157 cm³/mol. The first kappa shape index (κ1) is 26.6. The number of fused-ring (bicyclic) bond motifs is 2. The minimum Gasteiger partial charge on any atom is -0.492 e. The summed E-state index contributed by atoms with van der Waals surface area (Å²) in [4.78, 5) is 21.1. The van der Waals surface area contributed by atoms with E-state index in [9.17, 15) is 9.18 Å². The summed E-state index contributed by atoms with van der Waals surface area (Å²) >= 11 is 0. The van der Waals surface area contributed by atoms with Gasteiger partial charge in [-0.2, -0.15) is 0 Å². The molecule has 1 saturated heterocycles. The lowest BCUT2D eigenvalue weighted by molar-refractivity contribution is 0.0356. The molecule has 5 nitrogen and oxygen atoms in total. The number of benzene rings is 3. The van der Waals surface area contributed by atoms with E-state index in [0.29, 0.717) is 18.8 Å². The Morgan fingerprint density at radius 3 is 2.52 bits per heavy atom. The van der Waals surface area contributed by atoms with E-state index in [0.717, 1.165) is 86.9 Å². The highest BCUT2D eigenvalue weighted by atomic mass is 19.1. The van der Waals surface area contributed by atoms with Crippen LogP contribution in [0.2, 0.25) is 0 Å². The number of aromatic amines is 1. The van der Waals surface area contributed by atoms with Crippen LogP contribution in [0, 0.1) is 11.2 Å². The minimum atomic E-state index is -0.160. The fourth-order valence-electron chi connectivity index (χ4n) is 6.54. The summed E-state index contributed by atoms with van der Waals surface area (Å²) in [5.41, 5.74) is 3.72. The second-order valence-corrected chi connectivity index (χ2v) is 11.5. The number of carbonyl (C=O) groups excluding carboxylic acids is 1. The van der Waals surface area contributed by atoms with Crippen LogP contribution in [0.25, 0.3) is 10.9 Å². The number of halogens is 1. The van der Waals surface area contributed by atoms with Crippen molar-refractivity contribution in [3.8, 4) is 5.75 Å². The molecular weight excluding hydrogens is 501 g/mol. The molecule has 2 aliphatic heterocycles. The van der Waals surface area contributed by atoms with Crippen molar-refractivity contribution in [3.63, 3.8) is 0 Å². The van der Waals surface area contributed by atoms with E-state index in [4.69, 9.17) is 4.74 Å². The molecule has 40 heavy (non-hydrogen) atoms. The quantitative estimate of drug-likeness (QED) is 0.310. The number of carbonyl (C=O) groups is 1. The van der Waals surface area contributed by atoms with Crippen LogP contribution < -0.4 is 4.74 Å². The number of amides is 1. The number of nitrogens with one attached hydrogen (secondary N) is 1. The van der Waals surface area contributed by atoms with Crippen molar-refractivity contribution in [2.24, 2.45) is 5.41 Å².